The van der Waals surface area contributed by atoms with Crippen LogP contribution in [-0.2, 0) is 0 Å². The number of rotatable bonds is 2. The first-order valence-electron chi connectivity index (χ1n) is 6.71. The SMILES string of the molecule is CC1CC(C)CC(NC(=O)c2cc(F)ccc2Br)C1. The molecular formula is C15H19BrFNO. The van der Waals surface area contributed by atoms with Crippen molar-refractivity contribution in [1.29, 1.82) is 0 Å². The van der Waals surface area contributed by atoms with Crippen LogP contribution in [0.4, 0.5) is 4.39 Å². The minimum atomic E-state index is -0.390. The number of benzene rings is 1. The van der Waals surface area contributed by atoms with Gasteiger partial charge in [-0.25, -0.2) is 4.39 Å². The van der Waals surface area contributed by atoms with Crippen LogP contribution in [-0.4, -0.2) is 11.9 Å². The van der Waals surface area contributed by atoms with Crippen molar-refractivity contribution in [3.05, 3.63) is 34.1 Å². The molecule has 1 fully saturated rings. The Labute approximate surface area is 121 Å². The molecule has 0 aliphatic heterocycles. The summed E-state index contributed by atoms with van der Waals surface area (Å²) in [7, 11) is 0. The molecule has 2 unspecified atom stereocenters. The lowest BCUT2D eigenvalue weighted by molar-refractivity contribution is 0.0910. The van der Waals surface area contributed by atoms with Gasteiger partial charge in [0, 0.05) is 10.5 Å². The molecule has 1 aliphatic rings. The quantitative estimate of drug-likeness (QED) is 0.868. The van der Waals surface area contributed by atoms with Gasteiger partial charge in [0.15, 0.2) is 0 Å². The average molecular weight is 328 g/mol. The highest BCUT2D eigenvalue weighted by Gasteiger charge is 2.25. The molecule has 0 bridgehead atoms. The van der Waals surface area contributed by atoms with Crippen LogP contribution in [0, 0.1) is 17.7 Å². The van der Waals surface area contributed by atoms with E-state index in [0.717, 1.165) is 12.8 Å². The lowest BCUT2D eigenvalue weighted by atomic mass is 9.80. The first kappa shape index (κ1) is 14.5. The molecule has 0 heterocycles. The molecular weight excluding hydrogens is 309 g/mol. The second-order valence-corrected chi connectivity index (χ2v) is 6.57. The van der Waals surface area contributed by atoms with Crippen LogP contribution >= 0.6 is 15.9 Å². The zero-order valence-electron chi connectivity index (χ0n) is 11.2. The molecule has 104 valence electrons. The molecule has 1 saturated carbocycles. The molecule has 0 aromatic heterocycles. The molecule has 2 nitrogen and oxygen atoms in total. The summed E-state index contributed by atoms with van der Waals surface area (Å²) in [5.41, 5.74) is 0.367. The van der Waals surface area contributed by atoms with E-state index in [1.807, 2.05) is 0 Å². The molecule has 1 aliphatic carbocycles. The highest BCUT2D eigenvalue weighted by molar-refractivity contribution is 9.10. The van der Waals surface area contributed by atoms with Gasteiger partial charge in [-0.1, -0.05) is 13.8 Å². The van der Waals surface area contributed by atoms with Crippen molar-refractivity contribution in [1.82, 2.24) is 5.32 Å². The van der Waals surface area contributed by atoms with E-state index in [1.54, 1.807) is 6.07 Å². The molecule has 2 atom stereocenters. The van der Waals surface area contributed by atoms with Crippen molar-refractivity contribution in [3.63, 3.8) is 0 Å². The molecule has 19 heavy (non-hydrogen) atoms. The van der Waals surface area contributed by atoms with Crippen molar-refractivity contribution >= 4 is 21.8 Å². The maximum atomic E-state index is 13.2. The fourth-order valence-electron chi connectivity index (χ4n) is 3.00. The molecule has 0 radical (unpaired) electrons. The number of halogens is 2. The average Bonchev–Trinajstić information content (AvgIpc) is 2.30. The predicted octanol–water partition coefficient (Wildman–Crippen LogP) is 4.14. The van der Waals surface area contributed by atoms with Crippen molar-refractivity contribution in [3.8, 4) is 0 Å². The number of carbonyl (C=O) groups excluding carboxylic acids is 1. The van der Waals surface area contributed by atoms with E-state index >= 15 is 0 Å². The Morgan fingerprint density at radius 3 is 2.53 bits per heavy atom. The van der Waals surface area contributed by atoms with E-state index in [0.29, 0.717) is 21.9 Å². The zero-order chi connectivity index (χ0) is 14.0. The summed E-state index contributed by atoms with van der Waals surface area (Å²) in [5.74, 6) is 0.673. The second-order valence-electron chi connectivity index (χ2n) is 5.71. The van der Waals surface area contributed by atoms with Crippen molar-refractivity contribution in [2.75, 3.05) is 0 Å². The largest absolute Gasteiger partial charge is 0.349 e. The number of hydrogen-bond donors (Lipinski definition) is 1. The Hall–Kier alpha value is -0.900. The summed E-state index contributed by atoms with van der Waals surface area (Å²) in [6, 6.07) is 4.37. The van der Waals surface area contributed by atoms with Crippen LogP contribution in [0.25, 0.3) is 0 Å². The molecule has 1 aromatic rings. The molecule has 1 N–H and O–H groups in total. The number of nitrogens with one attached hydrogen (secondary N) is 1. The first-order valence-corrected chi connectivity index (χ1v) is 7.51. The maximum Gasteiger partial charge on any atom is 0.252 e. The predicted molar refractivity (Wildman–Crippen MR) is 77.5 cm³/mol. The van der Waals surface area contributed by atoms with Gasteiger partial charge < -0.3 is 5.32 Å². The smallest absolute Gasteiger partial charge is 0.252 e. The summed E-state index contributed by atoms with van der Waals surface area (Å²) < 4.78 is 13.8. The van der Waals surface area contributed by atoms with Gasteiger partial charge in [0.05, 0.1) is 5.56 Å². The second kappa shape index (κ2) is 6.04. The van der Waals surface area contributed by atoms with Crippen LogP contribution in [0.3, 0.4) is 0 Å². The fraction of sp³-hybridized carbons (Fsp3) is 0.533. The summed E-state index contributed by atoms with van der Waals surface area (Å²) in [6.07, 6.45) is 3.22. The van der Waals surface area contributed by atoms with Gasteiger partial charge in [-0.05, 0) is 65.2 Å². The molecule has 1 amide bonds. The summed E-state index contributed by atoms with van der Waals surface area (Å²) >= 11 is 3.29. The Morgan fingerprint density at radius 1 is 1.26 bits per heavy atom. The van der Waals surface area contributed by atoms with Crippen LogP contribution in [0.1, 0.15) is 43.5 Å². The summed E-state index contributed by atoms with van der Waals surface area (Å²) in [6.45, 7) is 4.43. The maximum absolute atomic E-state index is 13.2. The summed E-state index contributed by atoms with van der Waals surface area (Å²) in [5, 5.41) is 3.03. The third-order valence-corrected chi connectivity index (χ3v) is 4.38. The van der Waals surface area contributed by atoms with E-state index in [9.17, 15) is 9.18 Å². The number of amides is 1. The van der Waals surface area contributed by atoms with Crippen molar-refractivity contribution < 1.29 is 9.18 Å². The van der Waals surface area contributed by atoms with Gasteiger partial charge in [0.25, 0.3) is 5.91 Å². The number of hydrogen-bond acceptors (Lipinski definition) is 1. The molecule has 4 heteroatoms. The minimum Gasteiger partial charge on any atom is -0.349 e. The topological polar surface area (TPSA) is 29.1 Å². The molecule has 0 saturated heterocycles. The van der Waals surface area contributed by atoms with Gasteiger partial charge in [-0.2, -0.15) is 0 Å². The van der Waals surface area contributed by atoms with Crippen LogP contribution < -0.4 is 5.32 Å². The highest BCUT2D eigenvalue weighted by Crippen LogP contribution is 2.29. The molecule has 1 aromatic carbocycles. The number of carbonyl (C=O) groups is 1. The lowest BCUT2D eigenvalue weighted by Gasteiger charge is -2.32. The van der Waals surface area contributed by atoms with Gasteiger partial charge in [0.2, 0.25) is 0 Å². The Kier molecular flexibility index (Phi) is 4.61. The van der Waals surface area contributed by atoms with Crippen molar-refractivity contribution in [2.24, 2.45) is 11.8 Å². The van der Waals surface area contributed by atoms with E-state index in [1.165, 1.54) is 18.6 Å². The lowest BCUT2D eigenvalue weighted by Crippen LogP contribution is -2.40. The Bertz CT molecular complexity index is 467. The van der Waals surface area contributed by atoms with Gasteiger partial charge in [-0.15, -0.1) is 0 Å². The third kappa shape index (κ3) is 3.78. The van der Waals surface area contributed by atoms with Gasteiger partial charge in [0.1, 0.15) is 5.82 Å². The van der Waals surface area contributed by atoms with Gasteiger partial charge in [-0.3, -0.25) is 4.79 Å². The van der Waals surface area contributed by atoms with E-state index in [2.05, 4.69) is 35.1 Å². The zero-order valence-corrected chi connectivity index (χ0v) is 12.8. The normalized spacial score (nSPS) is 27.1. The highest BCUT2D eigenvalue weighted by atomic mass is 79.9. The molecule has 0 spiro atoms. The van der Waals surface area contributed by atoms with Crippen LogP contribution in [0.2, 0.25) is 0 Å². The third-order valence-electron chi connectivity index (χ3n) is 3.69. The van der Waals surface area contributed by atoms with E-state index < -0.39 is 5.82 Å². The van der Waals surface area contributed by atoms with Gasteiger partial charge >= 0.3 is 0 Å². The summed E-state index contributed by atoms with van der Waals surface area (Å²) in [4.78, 5) is 12.2. The van der Waals surface area contributed by atoms with Crippen LogP contribution in [0.5, 0.6) is 0 Å². The Balaban J connectivity index is 2.06. The van der Waals surface area contributed by atoms with Crippen molar-refractivity contribution in [2.45, 2.75) is 39.2 Å². The minimum absolute atomic E-state index is 0.196. The fourth-order valence-corrected chi connectivity index (χ4v) is 3.43. The van der Waals surface area contributed by atoms with Crippen LogP contribution in [0.15, 0.2) is 22.7 Å². The first-order chi connectivity index (χ1) is 8.95. The molecule has 2 rings (SSSR count). The van der Waals surface area contributed by atoms with E-state index in [4.69, 9.17) is 0 Å². The monoisotopic (exact) mass is 327 g/mol. The standard InChI is InChI=1S/C15H19BrFNO/c1-9-5-10(2)7-12(6-9)18-15(19)13-8-11(17)3-4-14(13)16/h3-4,8-10,12H,5-7H2,1-2H3,(H,18,19). The Morgan fingerprint density at radius 2 is 1.89 bits per heavy atom. The van der Waals surface area contributed by atoms with E-state index in [-0.39, 0.29) is 11.9 Å².